The summed E-state index contributed by atoms with van der Waals surface area (Å²) in [5, 5.41) is 10.5. The van der Waals surface area contributed by atoms with Gasteiger partial charge in [-0.1, -0.05) is 35.3 Å². The second-order valence-electron chi connectivity index (χ2n) is 4.39. The van der Waals surface area contributed by atoms with E-state index in [1.807, 2.05) is 12.1 Å². The summed E-state index contributed by atoms with van der Waals surface area (Å²) < 4.78 is 5.31. The van der Waals surface area contributed by atoms with Gasteiger partial charge >= 0.3 is 0 Å². The van der Waals surface area contributed by atoms with Crippen LogP contribution in [0.3, 0.4) is 0 Å². The molecule has 0 aliphatic carbocycles. The van der Waals surface area contributed by atoms with Crippen molar-refractivity contribution in [2.75, 3.05) is 13.2 Å². The van der Waals surface area contributed by atoms with Crippen LogP contribution in [-0.2, 0) is 11.2 Å². The zero-order valence-corrected chi connectivity index (χ0v) is 10.9. The zero-order chi connectivity index (χ0) is 12.3. The Morgan fingerprint density at radius 3 is 2.65 bits per heavy atom. The molecule has 0 spiro atoms. The minimum Gasteiger partial charge on any atom is -0.381 e. The lowest BCUT2D eigenvalue weighted by Crippen LogP contribution is -2.30. The van der Waals surface area contributed by atoms with Gasteiger partial charge in [-0.2, -0.15) is 5.26 Å². The molecule has 1 aliphatic heterocycles. The molecule has 0 bridgehead atoms. The van der Waals surface area contributed by atoms with Crippen molar-refractivity contribution < 1.29 is 4.74 Å². The van der Waals surface area contributed by atoms with E-state index in [0.29, 0.717) is 29.7 Å². The molecule has 1 aliphatic rings. The van der Waals surface area contributed by atoms with Gasteiger partial charge in [0.15, 0.2) is 0 Å². The first-order chi connectivity index (χ1) is 8.17. The summed E-state index contributed by atoms with van der Waals surface area (Å²) in [6, 6.07) is 7.99. The summed E-state index contributed by atoms with van der Waals surface area (Å²) in [7, 11) is 0. The van der Waals surface area contributed by atoms with Crippen LogP contribution in [0.5, 0.6) is 0 Å². The molecule has 0 atom stereocenters. The molecule has 0 radical (unpaired) electrons. The van der Waals surface area contributed by atoms with Crippen LogP contribution in [0.15, 0.2) is 18.2 Å². The predicted molar refractivity (Wildman–Crippen MR) is 68.3 cm³/mol. The van der Waals surface area contributed by atoms with Crippen LogP contribution in [0.2, 0.25) is 10.0 Å². The summed E-state index contributed by atoms with van der Waals surface area (Å²) in [6.07, 6.45) is 2.16. The fourth-order valence-corrected chi connectivity index (χ4v) is 2.53. The maximum absolute atomic E-state index is 9.38. The second kappa shape index (κ2) is 5.27. The molecule has 2 rings (SSSR count). The third-order valence-corrected chi connectivity index (χ3v) is 4.11. The van der Waals surface area contributed by atoms with Crippen molar-refractivity contribution in [1.29, 1.82) is 5.26 Å². The first kappa shape index (κ1) is 12.7. The molecule has 1 saturated heterocycles. The Hall–Kier alpha value is -0.750. The molecule has 0 unspecified atom stereocenters. The predicted octanol–water partition coefficient (Wildman–Crippen LogP) is 3.86. The number of hydrogen-bond acceptors (Lipinski definition) is 2. The van der Waals surface area contributed by atoms with Crippen LogP contribution < -0.4 is 0 Å². The number of nitrogens with zero attached hydrogens (tertiary/aromatic N) is 1. The molecule has 1 aromatic rings. The molecule has 4 heteroatoms. The monoisotopic (exact) mass is 269 g/mol. The van der Waals surface area contributed by atoms with Gasteiger partial charge in [-0.15, -0.1) is 0 Å². The van der Waals surface area contributed by atoms with E-state index in [4.69, 9.17) is 27.9 Å². The van der Waals surface area contributed by atoms with Crippen molar-refractivity contribution in [2.24, 2.45) is 5.41 Å². The van der Waals surface area contributed by atoms with Crippen molar-refractivity contribution in [3.8, 4) is 6.07 Å². The lowest BCUT2D eigenvalue weighted by molar-refractivity contribution is 0.0406. The van der Waals surface area contributed by atoms with Gasteiger partial charge < -0.3 is 4.74 Å². The molecule has 1 heterocycles. The molecular formula is C13H13Cl2NO. The first-order valence-corrected chi connectivity index (χ1v) is 6.34. The molecule has 0 amide bonds. The Bertz CT molecular complexity index is 447. The van der Waals surface area contributed by atoms with Gasteiger partial charge in [-0.25, -0.2) is 0 Å². The third kappa shape index (κ3) is 2.74. The highest BCUT2D eigenvalue weighted by Crippen LogP contribution is 2.37. The fourth-order valence-electron chi connectivity index (χ4n) is 2.14. The van der Waals surface area contributed by atoms with Gasteiger partial charge in [0.2, 0.25) is 0 Å². The first-order valence-electron chi connectivity index (χ1n) is 5.59. The number of hydrogen-bond donors (Lipinski definition) is 0. The van der Waals surface area contributed by atoms with Gasteiger partial charge in [0.05, 0.1) is 21.5 Å². The van der Waals surface area contributed by atoms with E-state index in [1.165, 1.54) is 0 Å². The van der Waals surface area contributed by atoms with Gasteiger partial charge in [0, 0.05) is 13.2 Å². The van der Waals surface area contributed by atoms with Crippen LogP contribution >= 0.6 is 23.2 Å². The Balaban J connectivity index is 2.24. The van der Waals surface area contributed by atoms with Gasteiger partial charge in [0.25, 0.3) is 0 Å². The number of ether oxygens (including phenoxy) is 1. The van der Waals surface area contributed by atoms with Crippen LogP contribution in [0.4, 0.5) is 0 Å². The average molecular weight is 270 g/mol. The molecule has 90 valence electrons. The summed E-state index contributed by atoms with van der Waals surface area (Å²) in [5.41, 5.74) is 0.592. The third-order valence-electron chi connectivity index (χ3n) is 3.25. The largest absolute Gasteiger partial charge is 0.381 e. The van der Waals surface area contributed by atoms with Crippen molar-refractivity contribution >= 4 is 23.2 Å². The summed E-state index contributed by atoms with van der Waals surface area (Å²) >= 11 is 12.1. The Kier molecular flexibility index (Phi) is 3.93. The quantitative estimate of drug-likeness (QED) is 0.817. The van der Waals surface area contributed by atoms with E-state index in [2.05, 4.69) is 6.07 Å². The van der Waals surface area contributed by atoms with Crippen molar-refractivity contribution in [1.82, 2.24) is 0 Å². The van der Waals surface area contributed by atoms with Crippen molar-refractivity contribution in [3.05, 3.63) is 33.8 Å². The maximum Gasteiger partial charge on any atom is 0.0695 e. The SMILES string of the molecule is N#CC1(Cc2cccc(Cl)c2Cl)CCOCC1. The molecule has 17 heavy (non-hydrogen) atoms. The lowest BCUT2D eigenvalue weighted by Gasteiger charge is -2.31. The standard InChI is InChI=1S/C13H13Cl2NO/c14-11-3-1-2-10(12(11)15)8-13(9-16)4-6-17-7-5-13/h1-3H,4-8H2. The number of rotatable bonds is 2. The van der Waals surface area contributed by atoms with E-state index in [9.17, 15) is 5.26 Å². The Labute approximate surface area is 111 Å². The van der Waals surface area contributed by atoms with E-state index in [1.54, 1.807) is 6.07 Å². The highest BCUT2D eigenvalue weighted by Gasteiger charge is 2.33. The summed E-state index contributed by atoms with van der Waals surface area (Å²) in [5.74, 6) is 0. The van der Waals surface area contributed by atoms with E-state index >= 15 is 0 Å². The molecule has 0 saturated carbocycles. The van der Waals surface area contributed by atoms with Crippen molar-refractivity contribution in [3.63, 3.8) is 0 Å². The average Bonchev–Trinajstić information content (AvgIpc) is 2.36. The summed E-state index contributed by atoms with van der Waals surface area (Å²) in [4.78, 5) is 0. The smallest absolute Gasteiger partial charge is 0.0695 e. The number of benzene rings is 1. The Morgan fingerprint density at radius 1 is 1.29 bits per heavy atom. The van der Waals surface area contributed by atoms with Crippen LogP contribution in [-0.4, -0.2) is 13.2 Å². The second-order valence-corrected chi connectivity index (χ2v) is 5.18. The minimum atomic E-state index is -0.355. The Morgan fingerprint density at radius 2 is 2.00 bits per heavy atom. The van der Waals surface area contributed by atoms with Crippen molar-refractivity contribution in [2.45, 2.75) is 19.3 Å². The van der Waals surface area contributed by atoms with Gasteiger partial charge in [0.1, 0.15) is 0 Å². The molecule has 2 nitrogen and oxygen atoms in total. The molecular weight excluding hydrogens is 257 g/mol. The van der Waals surface area contributed by atoms with Crippen LogP contribution in [0, 0.1) is 16.7 Å². The van der Waals surface area contributed by atoms with E-state index < -0.39 is 0 Å². The van der Waals surface area contributed by atoms with Crippen LogP contribution in [0.1, 0.15) is 18.4 Å². The van der Waals surface area contributed by atoms with Crippen LogP contribution in [0.25, 0.3) is 0 Å². The maximum atomic E-state index is 9.38. The minimum absolute atomic E-state index is 0.355. The lowest BCUT2D eigenvalue weighted by atomic mass is 9.76. The van der Waals surface area contributed by atoms with E-state index in [0.717, 1.165) is 18.4 Å². The normalized spacial score (nSPS) is 18.6. The number of nitriles is 1. The van der Waals surface area contributed by atoms with E-state index in [-0.39, 0.29) is 5.41 Å². The van der Waals surface area contributed by atoms with Gasteiger partial charge in [-0.3, -0.25) is 0 Å². The molecule has 0 N–H and O–H groups in total. The molecule has 0 aromatic heterocycles. The zero-order valence-electron chi connectivity index (χ0n) is 9.38. The highest BCUT2D eigenvalue weighted by molar-refractivity contribution is 6.42. The summed E-state index contributed by atoms with van der Waals surface area (Å²) in [6.45, 7) is 1.29. The topological polar surface area (TPSA) is 33.0 Å². The highest BCUT2D eigenvalue weighted by atomic mass is 35.5. The van der Waals surface area contributed by atoms with Gasteiger partial charge in [-0.05, 0) is 30.9 Å². The number of halogens is 2. The molecule has 1 aromatic carbocycles. The molecule has 1 fully saturated rings. The fraction of sp³-hybridized carbons (Fsp3) is 0.462.